The van der Waals surface area contributed by atoms with E-state index in [1.165, 1.54) is 4.90 Å². The van der Waals surface area contributed by atoms with E-state index < -0.39 is 11.7 Å². The molecule has 84 valence electrons. The van der Waals surface area contributed by atoms with Gasteiger partial charge in [-0.3, -0.25) is 9.59 Å². The minimum Gasteiger partial charge on any atom is -0.304 e. The van der Waals surface area contributed by atoms with Gasteiger partial charge >= 0.3 is 0 Å². The molecule has 2 rings (SSSR count). The first-order chi connectivity index (χ1) is 7.56. The standard InChI is InChI=1S/C12H12ClNO2/c1-7-5-8(2)10-9(6-7)14(4-3-13)12(16)11(10)15/h5-6H,3-4H2,1-2H3. The fourth-order valence-electron chi connectivity index (χ4n) is 2.10. The zero-order valence-corrected chi connectivity index (χ0v) is 9.97. The number of ketones is 1. The van der Waals surface area contributed by atoms with E-state index in [0.717, 1.165) is 11.1 Å². The monoisotopic (exact) mass is 237 g/mol. The van der Waals surface area contributed by atoms with Crippen molar-refractivity contribution in [1.29, 1.82) is 0 Å². The maximum Gasteiger partial charge on any atom is 0.299 e. The van der Waals surface area contributed by atoms with Crippen LogP contribution in [0.25, 0.3) is 0 Å². The van der Waals surface area contributed by atoms with Crippen LogP contribution in [0.2, 0.25) is 0 Å². The molecule has 0 aromatic heterocycles. The van der Waals surface area contributed by atoms with Gasteiger partial charge in [-0.05, 0) is 31.0 Å². The van der Waals surface area contributed by atoms with Gasteiger partial charge in [0.2, 0.25) is 0 Å². The van der Waals surface area contributed by atoms with Gasteiger partial charge in [0, 0.05) is 12.4 Å². The Morgan fingerprint density at radius 1 is 1.25 bits per heavy atom. The minimum atomic E-state index is -0.468. The zero-order valence-electron chi connectivity index (χ0n) is 9.21. The van der Waals surface area contributed by atoms with Gasteiger partial charge in [0.1, 0.15) is 0 Å². The second kappa shape index (κ2) is 3.91. The molecule has 1 heterocycles. The van der Waals surface area contributed by atoms with E-state index in [0.29, 0.717) is 23.7 Å². The van der Waals surface area contributed by atoms with Crippen molar-refractivity contribution >= 4 is 29.0 Å². The van der Waals surface area contributed by atoms with Crippen molar-refractivity contribution in [3.8, 4) is 0 Å². The molecule has 0 saturated heterocycles. The van der Waals surface area contributed by atoms with Crippen molar-refractivity contribution in [3.63, 3.8) is 0 Å². The molecular weight excluding hydrogens is 226 g/mol. The number of aryl methyl sites for hydroxylation is 2. The summed E-state index contributed by atoms with van der Waals surface area (Å²) < 4.78 is 0. The quantitative estimate of drug-likeness (QED) is 0.583. The topological polar surface area (TPSA) is 37.4 Å². The SMILES string of the molecule is Cc1cc(C)c2c(c1)N(CCCl)C(=O)C2=O. The van der Waals surface area contributed by atoms with Gasteiger partial charge in [0.15, 0.2) is 0 Å². The lowest BCUT2D eigenvalue weighted by Gasteiger charge is -2.15. The number of amides is 1. The van der Waals surface area contributed by atoms with Crippen molar-refractivity contribution in [2.45, 2.75) is 13.8 Å². The number of carbonyl (C=O) groups is 2. The predicted molar refractivity (Wildman–Crippen MR) is 63.3 cm³/mol. The molecule has 0 atom stereocenters. The van der Waals surface area contributed by atoms with Crippen LogP contribution in [0.1, 0.15) is 21.5 Å². The summed E-state index contributed by atoms with van der Waals surface area (Å²) in [5.74, 6) is -0.562. The van der Waals surface area contributed by atoms with Crippen LogP contribution in [-0.4, -0.2) is 24.1 Å². The number of carbonyl (C=O) groups excluding carboxylic acids is 2. The second-order valence-corrected chi connectivity index (χ2v) is 4.33. The normalized spacial score (nSPS) is 14.6. The van der Waals surface area contributed by atoms with Crippen LogP contribution in [-0.2, 0) is 4.79 Å². The Morgan fingerprint density at radius 2 is 1.94 bits per heavy atom. The fraction of sp³-hybridized carbons (Fsp3) is 0.333. The summed E-state index contributed by atoms with van der Waals surface area (Å²) in [4.78, 5) is 25.0. The van der Waals surface area contributed by atoms with Gasteiger partial charge < -0.3 is 4.90 Å². The lowest BCUT2D eigenvalue weighted by Crippen LogP contribution is -2.31. The smallest absolute Gasteiger partial charge is 0.299 e. The molecule has 4 heteroatoms. The molecule has 0 fully saturated rings. The number of hydrogen-bond acceptors (Lipinski definition) is 2. The predicted octanol–water partition coefficient (Wildman–Crippen LogP) is 2.07. The zero-order chi connectivity index (χ0) is 11.9. The molecule has 1 aromatic rings. The number of anilines is 1. The van der Waals surface area contributed by atoms with Gasteiger partial charge in [0.05, 0.1) is 11.3 Å². The lowest BCUT2D eigenvalue weighted by atomic mass is 10.0. The van der Waals surface area contributed by atoms with Gasteiger partial charge in [0.25, 0.3) is 11.7 Å². The van der Waals surface area contributed by atoms with Crippen molar-refractivity contribution < 1.29 is 9.59 Å². The summed E-state index contributed by atoms with van der Waals surface area (Å²) in [6, 6.07) is 3.77. The Hall–Kier alpha value is -1.35. The molecule has 0 aliphatic carbocycles. The van der Waals surface area contributed by atoms with E-state index in [4.69, 9.17) is 11.6 Å². The van der Waals surface area contributed by atoms with Crippen LogP contribution in [0.3, 0.4) is 0 Å². The van der Waals surface area contributed by atoms with E-state index in [1.807, 2.05) is 26.0 Å². The first-order valence-electron chi connectivity index (χ1n) is 5.09. The summed E-state index contributed by atoms with van der Waals surface area (Å²) in [7, 11) is 0. The molecule has 0 saturated carbocycles. The van der Waals surface area contributed by atoms with Crippen LogP contribution in [0.5, 0.6) is 0 Å². The third-order valence-electron chi connectivity index (χ3n) is 2.72. The van der Waals surface area contributed by atoms with Gasteiger partial charge in [-0.2, -0.15) is 0 Å². The van der Waals surface area contributed by atoms with Crippen LogP contribution in [0, 0.1) is 13.8 Å². The lowest BCUT2D eigenvalue weighted by molar-refractivity contribution is -0.114. The Bertz CT molecular complexity index is 482. The molecule has 0 N–H and O–H groups in total. The average Bonchev–Trinajstić information content (AvgIpc) is 2.44. The highest BCUT2D eigenvalue weighted by Crippen LogP contribution is 2.32. The number of Topliss-reactive ketones (excluding diaryl/α,β-unsaturated/α-hetero) is 1. The van der Waals surface area contributed by atoms with Crippen LogP contribution in [0.15, 0.2) is 12.1 Å². The molecule has 0 spiro atoms. The molecule has 16 heavy (non-hydrogen) atoms. The van der Waals surface area contributed by atoms with Crippen molar-refractivity contribution in [1.82, 2.24) is 0 Å². The Labute approximate surface area is 99.0 Å². The Kier molecular flexibility index (Phi) is 2.72. The fourth-order valence-corrected chi connectivity index (χ4v) is 2.27. The second-order valence-electron chi connectivity index (χ2n) is 3.95. The van der Waals surface area contributed by atoms with Crippen LogP contribution >= 0.6 is 11.6 Å². The number of fused-ring (bicyclic) bond motifs is 1. The summed E-state index contributed by atoms with van der Waals surface area (Å²) in [5, 5.41) is 0. The summed E-state index contributed by atoms with van der Waals surface area (Å²) in [6.07, 6.45) is 0. The summed E-state index contributed by atoms with van der Waals surface area (Å²) >= 11 is 5.64. The molecule has 0 bridgehead atoms. The maximum atomic E-state index is 11.8. The third-order valence-corrected chi connectivity index (χ3v) is 2.89. The molecule has 0 unspecified atom stereocenters. The van der Waals surface area contributed by atoms with Crippen molar-refractivity contribution in [3.05, 3.63) is 28.8 Å². The first-order valence-corrected chi connectivity index (χ1v) is 5.63. The maximum absolute atomic E-state index is 11.8. The average molecular weight is 238 g/mol. The Morgan fingerprint density at radius 3 is 2.56 bits per heavy atom. The number of nitrogens with zero attached hydrogens (tertiary/aromatic N) is 1. The highest BCUT2D eigenvalue weighted by molar-refractivity contribution is 6.52. The number of alkyl halides is 1. The Balaban J connectivity index is 2.60. The first kappa shape index (κ1) is 11.1. The van der Waals surface area contributed by atoms with E-state index in [1.54, 1.807) is 0 Å². The number of halogens is 1. The molecular formula is C12H12ClNO2. The van der Waals surface area contributed by atoms with Gasteiger partial charge in [-0.1, -0.05) is 6.07 Å². The van der Waals surface area contributed by atoms with Gasteiger partial charge in [-0.25, -0.2) is 0 Å². The largest absolute Gasteiger partial charge is 0.304 e. The van der Waals surface area contributed by atoms with Crippen LogP contribution < -0.4 is 4.90 Å². The minimum absolute atomic E-state index is 0.325. The number of benzene rings is 1. The van der Waals surface area contributed by atoms with E-state index in [9.17, 15) is 9.59 Å². The number of hydrogen-bond donors (Lipinski definition) is 0. The third kappa shape index (κ3) is 1.52. The molecule has 1 aromatic carbocycles. The summed E-state index contributed by atoms with van der Waals surface area (Å²) in [5.41, 5.74) is 3.12. The van der Waals surface area contributed by atoms with Gasteiger partial charge in [-0.15, -0.1) is 11.6 Å². The molecule has 1 aliphatic heterocycles. The van der Waals surface area contributed by atoms with Crippen molar-refractivity contribution in [2.24, 2.45) is 0 Å². The number of rotatable bonds is 2. The highest BCUT2D eigenvalue weighted by Gasteiger charge is 2.36. The molecule has 1 amide bonds. The molecule has 0 radical (unpaired) electrons. The van der Waals surface area contributed by atoms with Crippen LogP contribution in [0.4, 0.5) is 5.69 Å². The van der Waals surface area contributed by atoms with E-state index in [-0.39, 0.29) is 0 Å². The van der Waals surface area contributed by atoms with E-state index >= 15 is 0 Å². The van der Waals surface area contributed by atoms with E-state index in [2.05, 4.69) is 0 Å². The molecule has 1 aliphatic rings. The molecule has 3 nitrogen and oxygen atoms in total. The van der Waals surface area contributed by atoms with Crippen molar-refractivity contribution in [2.75, 3.05) is 17.3 Å². The summed E-state index contributed by atoms with van der Waals surface area (Å²) in [6.45, 7) is 4.17. The highest BCUT2D eigenvalue weighted by atomic mass is 35.5.